The minimum Gasteiger partial charge on any atom is -0.372 e. The number of hydrogen-bond acceptors (Lipinski definition) is 2. The molecule has 2 heteroatoms. The monoisotopic (exact) mass is 336 g/mol. The molecule has 0 spiro atoms. The van der Waals surface area contributed by atoms with Crippen LogP contribution in [-0.2, 0) is 6.42 Å². The maximum Gasteiger partial charge on any atom is 0.0488 e. The maximum absolute atomic E-state index is 4.98. The SMILES string of the molecule is Cc1cc2ccc(N3CCCCC3)cc2c(CC2CCC(C)CC2)n1. The van der Waals surface area contributed by atoms with Crippen LogP contribution >= 0.6 is 0 Å². The summed E-state index contributed by atoms with van der Waals surface area (Å²) in [5.74, 6) is 1.75. The number of fused-ring (bicyclic) bond motifs is 1. The van der Waals surface area contributed by atoms with Crippen LogP contribution < -0.4 is 4.90 Å². The Balaban J connectivity index is 1.64. The summed E-state index contributed by atoms with van der Waals surface area (Å²) >= 11 is 0. The van der Waals surface area contributed by atoms with Gasteiger partial charge in [0.15, 0.2) is 0 Å². The van der Waals surface area contributed by atoms with Crippen molar-refractivity contribution >= 4 is 16.5 Å². The third-order valence-electron chi connectivity index (χ3n) is 6.36. The van der Waals surface area contributed by atoms with Crippen LogP contribution in [0.25, 0.3) is 10.8 Å². The van der Waals surface area contributed by atoms with E-state index in [2.05, 4.69) is 43.0 Å². The number of anilines is 1. The highest BCUT2D eigenvalue weighted by Crippen LogP contribution is 2.33. The predicted octanol–water partition coefficient (Wildman–Crippen LogP) is 5.90. The van der Waals surface area contributed by atoms with Crippen LogP contribution in [-0.4, -0.2) is 18.1 Å². The average molecular weight is 337 g/mol. The van der Waals surface area contributed by atoms with Gasteiger partial charge < -0.3 is 4.90 Å². The molecule has 4 rings (SSSR count). The molecular weight excluding hydrogens is 304 g/mol. The zero-order valence-corrected chi connectivity index (χ0v) is 15.9. The molecule has 2 fully saturated rings. The molecule has 0 radical (unpaired) electrons. The van der Waals surface area contributed by atoms with Gasteiger partial charge in [-0.3, -0.25) is 4.98 Å². The van der Waals surface area contributed by atoms with Gasteiger partial charge in [-0.05, 0) is 80.9 Å². The van der Waals surface area contributed by atoms with Crippen molar-refractivity contribution in [3.63, 3.8) is 0 Å². The van der Waals surface area contributed by atoms with E-state index in [1.165, 1.54) is 80.2 Å². The van der Waals surface area contributed by atoms with Crippen molar-refractivity contribution in [3.05, 3.63) is 35.7 Å². The second-order valence-corrected chi connectivity index (χ2v) is 8.49. The molecule has 2 heterocycles. The normalized spacial score (nSPS) is 24.6. The Kier molecular flexibility index (Phi) is 4.96. The Morgan fingerprint density at radius 2 is 1.76 bits per heavy atom. The third-order valence-corrected chi connectivity index (χ3v) is 6.36. The van der Waals surface area contributed by atoms with E-state index < -0.39 is 0 Å². The first-order valence-electron chi connectivity index (χ1n) is 10.3. The van der Waals surface area contributed by atoms with Gasteiger partial charge in [0.1, 0.15) is 0 Å². The molecule has 134 valence electrons. The van der Waals surface area contributed by atoms with Crippen molar-refractivity contribution in [2.45, 2.75) is 65.2 Å². The largest absolute Gasteiger partial charge is 0.372 e. The predicted molar refractivity (Wildman–Crippen MR) is 107 cm³/mol. The van der Waals surface area contributed by atoms with Crippen LogP contribution in [0.1, 0.15) is 63.3 Å². The fourth-order valence-corrected chi connectivity index (χ4v) is 4.76. The van der Waals surface area contributed by atoms with Gasteiger partial charge in [0.05, 0.1) is 0 Å². The number of hydrogen-bond donors (Lipinski definition) is 0. The highest BCUT2D eigenvalue weighted by Gasteiger charge is 2.20. The van der Waals surface area contributed by atoms with Crippen molar-refractivity contribution in [1.82, 2.24) is 4.98 Å². The molecule has 1 aliphatic heterocycles. The number of piperidine rings is 1. The fourth-order valence-electron chi connectivity index (χ4n) is 4.76. The molecule has 1 saturated carbocycles. The molecular formula is C23H32N2. The van der Waals surface area contributed by atoms with Gasteiger partial charge in [-0.25, -0.2) is 0 Å². The third kappa shape index (κ3) is 3.83. The van der Waals surface area contributed by atoms with E-state index in [9.17, 15) is 0 Å². The number of rotatable bonds is 3. The van der Waals surface area contributed by atoms with Crippen LogP contribution in [0.4, 0.5) is 5.69 Å². The number of aromatic nitrogens is 1. The summed E-state index contributed by atoms with van der Waals surface area (Å²) in [5.41, 5.74) is 3.90. The zero-order valence-electron chi connectivity index (χ0n) is 15.9. The van der Waals surface area contributed by atoms with E-state index in [0.717, 1.165) is 24.0 Å². The maximum atomic E-state index is 4.98. The number of pyridine rings is 1. The van der Waals surface area contributed by atoms with Gasteiger partial charge in [-0.1, -0.05) is 25.8 Å². The van der Waals surface area contributed by atoms with Crippen LogP contribution in [0.15, 0.2) is 24.3 Å². The van der Waals surface area contributed by atoms with Crippen molar-refractivity contribution < 1.29 is 0 Å². The van der Waals surface area contributed by atoms with E-state index in [0.29, 0.717) is 0 Å². The first-order chi connectivity index (χ1) is 12.2. The molecule has 0 amide bonds. The lowest BCUT2D eigenvalue weighted by Crippen LogP contribution is -2.29. The molecule has 0 unspecified atom stereocenters. The minimum absolute atomic E-state index is 0.826. The van der Waals surface area contributed by atoms with Gasteiger partial charge in [0, 0.05) is 35.6 Å². The van der Waals surface area contributed by atoms with Crippen molar-refractivity contribution in [2.24, 2.45) is 11.8 Å². The Morgan fingerprint density at radius 3 is 2.52 bits per heavy atom. The molecule has 25 heavy (non-hydrogen) atoms. The van der Waals surface area contributed by atoms with Crippen LogP contribution in [0, 0.1) is 18.8 Å². The lowest BCUT2D eigenvalue weighted by molar-refractivity contribution is 0.288. The molecule has 1 aromatic carbocycles. The number of nitrogens with zero attached hydrogens (tertiary/aromatic N) is 2. The molecule has 0 N–H and O–H groups in total. The van der Waals surface area contributed by atoms with E-state index in [4.69, 9.17) is 4.98 Å². The summed E-state index contributed by atoms with van der Waals surface area (Å²) in [4.78, 5) is 7.55. The highest BCUT2D eigenvalue weighted by molar-refractivity contribution is 5.88. The Morgan fingerprint density at radius 1 is 1.00 bits per heavy atom. The van der Waals surface area contributed by atoms with Crippen molar-refractivity contribution in [2.75, 3.05) is 18.0 Å². The summed E-state index contributed by atoms with van der Waals surface area (Å²) in [5, 5.41) is 2.76. The van der Waals surface area contributed by atoms with Crippen molar-refractivity contribution in [3.8, 4) is 0 Å². The summed E-state index contributed by atoms with van der Waals surface area (Å²) in [6, 6.07) is 9.31. The van der Waals surface area contributed by atoms with E-state index in [1.54, 1.807) is 0 Å². The second kappa shape index (κ2) is 7.35. The number of aryl methyl sites for hydroxylation is 1. The van der Waals surface area contributed by atoms with E-state index in [-0.39, 0.29) is 0 Å². The summed E-state index contributed by atoms with van der Waals surface area (Å²) in [6.07, 6.45) is 10.8. The first kappa shape index (κ1) is 16.9. The number of benzene rings is 1. The quantitative estimate of drug-likeness (QED) is 0.693. The smallest absolute Gasteiger partial charge is 0.0488 e. The van der Waals surface area contributed by atoms with Gasteiger partial charge in [0.2, 0.25) is 0 Å². The van der Waals surface area contributed by atoms with Crippen molar-refractivity contribution in [1.29, 1.82) is 0 Å². The lowest BCUT2D eigenvalue weighted by atomic mass is 9.80. The Hall–Kier alpha value is -1.57. The zero-order chi connectivity index (χ0) is 17.2. The fraction of sp³-hybridized carbons (Fsp3) is 0.609. The van der Waals surface area contributed by atoms with Gasteiger partial charge in [0.25, 0.3) is 0 Å². The van der Waals surface area contributed by atoms with E-state index >= 15 is 0 Å². The molecule has 0 bridgehead atoms. The van der Waals surface area contributed by atoms with E-state index in [1.807, 2.05) is 0 Å². The highest BCUT2D eigenvalue weighted by atomic mass is 15.1. The summed E-state index contributed by atoms with van der Waals surface area (Å²) < 4.78 is 0. The lowest BCUT2D eigenvalue weighted by Gasteiger charge is -2.29. The molecule has 2 nitrogen and oxygen atoms in total. The molecule has 2 aliphatic rings. The molecule has 1 aromatic heterocycles. The average Bonchev–Trinajstić information content (AvgIpc) is 2.64. The van der Waals surface area contributed by atoms with Crippen LogP contribution in [0.5, 0.6) is 0 Å². The molecule has 1 saturated heterocycles. The minimum atomic E-state index is 0.826. The second-order valence-electron chi connectivity index (χ2n) is 8.49. The van der Waals surface area contributed by atoms with Gasteiger partial charge >= 0.3 is 0 Å². The van der Waals surface area contributed by atoms with Gasteiger partial charge in [-0.15, -0.1) is 0 Å². The molecule has 1 aliphatic carbocycles. The van der Waals surface area contributed by atoms with Crippen LogP contribution in [0.3, 0.4) is 0 Å². The van der Waals surface area contributed by atoms with Gasteiger partial charge in [-0.2, -0.15) is 0 Å². The topological polar surface area (TPSA) is 16.1 Å². The van der Waals surface area contributed by atoms with Crippen LogP contribution in [0.2, 0.25) is 0 Å². The summed E-state index contributed by atoms with van der Waals surface area (Å²) in [7, 11) is 0. The first-order valence-corrected chi connectivity index (χ1v) is 10.3. The molecule has 0 atom stereocenters. The molecule has 2 aromatic rings. The Labute approximate surface area is 152 Å². The Bertz CT molecular complexity index is 722. The standard InChI is InChI=1S/C23H32N2/c1-17-6-8-19(9-7-17)15-23-22-16-21(25-12-4-3-5-13-25)11-10-20(22)14-18(2)24-23/h10-11,14,16-17,19H,3-9,12-13,15H2,1-2H3. The summed E-state index contributed by atoms with van der Waals surface area (Å²) in [6.45, 7) is 6.97.